The Bertz CT molecular complexity index is 235. The lowest BCUT2D eigenvalue weighted by Crippen LogP contribution is -2.44. The van der Waals surface area contributed by atoms with Gasteiger partial charge in [-0.25, -0.2) is 0 Å². The first kappa shape index (κ1) is 13.5. The van der Waals surface area contributed by atoms with E-state index in [9.17, 15) is 9.90 Å². The van der Waals surface area contributed by atoms with Crippen molar-refractivity contribution in [2.45, 2.75) is 45.1 Å². The molecule has 1 atom stereocenters. The van der Waals surface area contributed by atoms with Gasteiger partial charge in [0, 0.05) is 19.5 Å². The highest BCUT2D eigenvalue weighted by molar-refractivity contribution is 5.66. The average molecular weight is 229 g/mol. The van der Waals surface area contributed by atoms with Crippen LogP contribution < -0.4 is 0 Å². The van der Waals surface area contributed by atoms with Crippen molar-refractivity contribution in [2.24, 2.45) is 5.92 Å². The second-order valence-corrected chi connectivity index (χ2v) is 5.49. The summed E-state index contributed by atoms with van der Waals surface area (Å²) >= 11 is 0. The molecule has 0 radical (unpaired) electrons. The Hall–Kier alpha value is -0.610. The second-order valence-electron chi connectivity index (χ2n) is 5.49. The summed E-state index contributed by atoms with van der Waals surface area (Å²) in [5, 5.41) is 18.4. The van der Waals surface area contributed by atoms with E-state index in [2.05, 4.69) is 4.90 Å². The number of piperidine rings is 1. The van der Waals surface area contributed by atoms with Crippen molar-refractivity contribution in [3.05, 3.63) is 0 Å². The number of carbonyl (C=O) groups is 1. The molecule has 1 heterocycles. The van der Waals surface area contributed by atoms with Crippen molar-refractivity contribution >= 4 is 5.97 Å². The summed E-state index contributed by atoms with van der Waals surface area (Å²) in [4.78, 5) is 12.7. The third-order valence-electron chi connectivity index (χ3n) is 2.98. The van der Waals surface area contributed by atoms with Crippen LogP contribution in [0.25, 0.3) is 0 Å². The van der Waals surface area contributed by atoms with Gasteiger partial charge in [0.15, 0.2) is 0 Å². The van der Waals surface area contributed by atoms with Gasteiger partial charge in [-0.3, -0.25) is 4.79 Å². The van der Waals surface area contributed by atoms with Gasteiger partial charge in [0.1, 0.15) is 0 Å². The lowest BCUT2D eigenvalue weighted by atomic mass is 9.92. The van der Waals surface area contributed by atoms with Crippen molar-refractivity contribution < 1.29 is 15.0 Å². The molecule has 0 amide bonds. The topological polar surface area (TPSA) is 60.8 Å². The molecule has 0 aromatic heterocycles. The standard InChI is InChI=1S/C12H23NO3/c1-12(2,16)9-13-7-3-4-10(8-13)5-6-11(14)15/h10,16H,3-9H2,1-2H3,(H,14,15). The quantitative estimate of drug-likeness (QED) is 0.746. The van der Waals surface area contributed by atoms with Gasteiger partial charge in [0.25, 0.3) is 0 Å². The Morgan fingerprint density at radius 3 is 2.75 bits per heavy atom. The molecule has 0 bridgehead atoms. The molecule has 1 fully saturated rings. The van der Waals surface area contributed by atoms with Crippen LogP contribution in [0.2, 0.25) is 0 Å². The molecule has 1 saturated heterocycles. The molecule has 1 aliphatic heterocycles. The number of carboxylic acids is 1. The number of β-amino-alcohol motifs (C(OH)–C–C–N with tert-alkyl or cyclic N) is 1. The summed E-state index contributed by atoms with van der Waals surface area (Å²) in [5.74, 6) is -0.230. The van der Waals surface area contributed by atoms with Gasteiger partial charge in [-0.2, -0.15) is 0 Å². The van der Waals surface area contributed by atoms with E-state index in [1.54, 1.807) is 0 Å². The summed E-state index contributed by atoms with van der Waals surface area (Å²) in [6, 6.07) is 0. The highest BCUT2D eigenvalue weighted by atomic mass is 16.4. The minimum atomic E-state index is -0.709. The van der Waals surface area contributed by atoms with Crippen LogP contribution in [0.5, 0.6) is 0 Å². The first-order chi connectivity index (χ1) is 7.37. The molecule has 0 aliphatic carbocycles. The third kappa shape index (κ3) is 5.47. The molecule has 4 heteroatoms. The second kappa shape index (κ2) is 5.64. The van der Waals surface area contributed by atoms with Crippen molar-refractivity contribution in [2.75, 3.05) is 19.6 Å². The highest BCUT2D eigenvalue weighted by Crippen LogP contribution is 2.22. The molecule has 0 aromatic rings. The summed E-state index contributed by atoms with van der Waals surface area (Å²) in [7, 11) is 0. The van der Waals surface area contributed by atoms with Crippen LogP contribution >= 0.6 is 0 Å². The smallest absolute Gasteiger partial charge is 0.303 e. The van der Waals surface area contributed by atoms with E-state index in [4.69, 9.17) is 5.11 Å². The van der Waals surface area contributed by atoms with E-state index in [0.717, 1.165) is 32.4 Å². The molecule has 16 heavy (non-hydrogen) atoms. The first-order valence-corrected chi connectivity index (χ1v) is 6.03. The number of likely N-dealkylation sites (tertiary alicyclic amines) is 1. The first-order valence-electron chi connectivity index (χ1n) is 6.03. The summed E-state index contributed by atoms with van der Waals surface area (Å²) in [5.41, 5.74) is -0.658. The zero-order chi connectivity index (χ0) is 12.2. The van der Waals surface area contributed by atoms with E-state index in [1.807, 2.05) is 13.8 Å². The van der Waals surface area contributed by atoms with E-state index in [1.165, 1.54) is 0 Å². The molecule has 0 saturated carbocycles. The summed E-state index contributed by atoms with van der Waals surface area (Å²) in [6.07, 6.45) is 3.26. The monoisotopic (exact) mass is 229 g/mol. The van der Waals surface area contributed by atoms with E-state index < -0.39 is 11.6 Å². The maximum absolute atomic E-state index is 10.5. The fourth-order valence-electron chi connectivity index (χ4n) is 2.41. The Kier molecular flexibility index (Phi) is 4.74. The SMILES string of the molecule is CC(C)(O)CN1CCCC(CCC(=O)O)C1. The largest absolute Gasteiger partial charge is 0.481 e. The molecule has 1 rings (SSSR count). The Balaban J connectivity index is 2.32. The van der Waals surface area contributed by atoms with Crippen LogP contribution in [0.1, 0.15) is 39.5 Å². The molecule has 0 spiro atoms. The summed E-state index contributed by atoms with van der Waals surface area (Å²) < 4.78 is 0. The third-order valence-corrected chi connectivity index (χ3v) is 2.98. The molecular weight excluding hydrogens is 206 g/mol. The minimum absolute atomic E-state index is 0.265. The number of nitrogens with zero attached hydrogens (tertiary/aromatic N) is 1. The minimum Gasteiger partial charge on any atom is -0.481 e. The van der Waals surface area contributed by atoms with Crippen molar-refractivity contribution in [1.82, 2.24) is 4.90 Å². The van der Waals surface area contributed by atoms with Crippen LogP contribution in [0, 0.1) is 5.92 Å². The van der Waals surface area contributed by atoms with Gasteiger partial charge in [0.2, 0.25) is 0 Å². The van der Waals surface area contributed by atoms with Crippen molar-refractivity contribution in [1.29, 1.82) is 0 Å². The maximum Gasteiger partial charge on any atom is 0.303 e. The van der Waals surface area contributed by atoms with Crippen LogP contribution in [0.4, 0.5) is 0 Å². The predicted molar refractivity (Wildman–Crippen MR) is 62.3 cm³/mol. The van der Waals surface area contributed by atoms with Gasteiger partial charge >= 0.3 is 5.97 Å². The number of aliphatic hydroxyl groups is 1. The van der Waals surface area contributed by atoms with Gasteiger partial charge < -0.3 is 15.1 Å². The molecule has 0 aromatic carbocycles. The average Bonchev–Trinajstić information content (AvgIpc) is 2.12. The predicted octanol–water partition coefficient (Wildman–Crippen LogP) is 1.33. The fraction of sp³-hybridized carbons (Fsp3) is 0.917. The molecule has 1 unspecified atom stereocenters. The lowest BCUT2D eigenvalue weighted by Gasteiger charge is -2.35. The zero-order valence-corrected chi connectivity index (χ0v) is 10.3. The normalized spacial score (nSPS) is 23.3. The van der Waals surface area contributed by atoms with E-state index >= 15 is 0 Å². The van der Waals surface area contributed by atoms with Crippen molar-refractivity contribution in [3.8, 4) is 0 Å². The Morgan fingerprint density at radius 2 is 2.19 bits per heavy atom. The van der Waals surface area contributed by atoms with Crippen LogP contribution in [0.15, 0.2) is 0 Å². The number of carboxylic acid groups (broad SMARTS) is 1. The van der Waals surface area contributed by atoms with Crippen LogP contribution in [0.3, 0.4) is 0 Å². The maximum atomic E-state index is 10.5. The van der Waals surface area contributed by atoms with E-state index in [0.29, 0.717) is 12.5 Å². The number of rotatable bonds is 5. The molecule has 94 valence electrons. The Labute approximate surface area is 97.3 Å². The molecule has 4 nitrogen and oxygen atoms in total. The van der Waals surface area contributed by atoms with Gasteiger partial charge in [-0.1, -0.05) is 0 Å². The summed E-state index contributed by atoms with van der Waals surface area (Å²) in [6.45, 7) is 6.25. The number of hydrogen-bond acceptors (Lipinski definition) is 3. The van der Waals surface area contributed by atoms with Gasteiger partial charge in [0.05, 0.1) is 5.60 Å². The number of aliphatic carboxylic acids is 1. The van der Waals surface area contributed by atoms with Crippen molar-refractivity contribution in [3.63, 3.8) is 0 Å². The van der Waals surface area contributed by atoms with Crippen LogP contribution in [-0.2, 0) is 4.79 Å². The molecule has 2 N–H and O–H groups in total. The number of hydrogen-bond donors (Lipinski definition) is 2. The van der Waals surface area contributed by atoms with E-state index in [-0.39, 0.29) is 6.42 Å². The highest BCUT2D eigenvalue weighted by Gasteiger charge is 2.24. The fourth-order valence-corrected chi connectivity index (χ4v) is 2.41. The Morgan fingerprint density at radius 1 is 1.50 bits per heavy atom. The van der Waals surface area contributed by atoms with Gasteiger partial charge in [-0.05, 0) is 45.6 Å². The molecule has 1 aliphatic rings. The lowest BCUT2D eigenvalue weighted by molar-refractivity contribution is -0.137. The van der Waals surface area contributed by atoms with Gasteiger partial charge in [-0.15, -0.1) is 0 Å². The van der Waals surface area contributed by atoms with Crippen LogP contribution in [-0.4, -0.2) is 46.3 Å². The zero-order valence-electron chi connectivity index (χ0n) is 10.3. The molecular formula is C12H23NO3.